The van der Waals surface area contributed by atoms with E-state index in [2.05, 4.69) is 24.5 Å². The van der Waals surface area contributed by atoms with E-state index in [-0.39, 0.29) is 25.0 Å². The third-order valence-corrected chi connectivity index (χ3v) is 2.67. The van der Waals surface area contributed by atoms with Gasteiger partial charge in [-0.1, -0.05) is 13.8 Å². The second-order valence-electron chi connectivity index (χ2n) is 5.63. The lowest BCUT2D eigenvalue weighted by Gasteiger charge is -2.24. The molecule has 2 amide bonds. The zero-order chi connectivity index (χ0) is 15.7. The lowest BCUT2D eigenvalue weighted by Crippen LogP contribution is -2.47. The summed E-state index contributed by atoms with van der Waals surface area (Å²) < 4.78 is 0. The number of urea groups is 1. The Morgan fingerprint density at radius 2 is 1.85 bits per heavy atom. The first-order valence-electron chi connectivity index (χ1n) is 6.82. The molecule has 0 aliphatic heterocycles. The van der Waals surface area contributed by atoms with Crippen molar-refractivity contribution in [2.45, 2.75) is 38.8 Å². The second kappa shape index (κ2) is 9.55. The number of amides is 2. The van der Waals surface area contributed by atoms with Gasteiger partial charge in [0.1, 0.15) is 0 Å². The van der Waals surface area contributed by atoms with Crippen LogP contribution in [-0.2, 0) is 4.79 Å². The summed E-state index contributed by atoms with van der Waals surface area (Å²) in [5.74, 6) is -0.813. The van der Waals surface area contributed by atoms with Gasteiger partial charge in [-0.25, -0.2) is 9.59 Å². The van der Waals surface area contributed by atoms with E-state index in [0.29, 0.717) is 5.92 Å². The summed E-state index contributed by atoms with van der Waals surface area (Å²) in [6.07, 6.45) is -0.585. The molecule has 0 heterocycles. The lowest BCUT2D eigenvalue weighted by molar-refractivity contribution is -0.146. The molecule has 0 aromatic heterocycles. The Kier molecular flexibility index (Phi) is 8.91. The Bertz CT molecular complexity index is 298. The number of nitrogens with zero attached hydrogens (tertiary/aromatic N) is 1. The molecule has 20 heavy (non-hydrogen) atoms. The molecule has 0 aliphatic rings. The van der Waals surface area contributed by atoms with E-state index in [4.69, 9.17) is 10.2 Å². The van der Waals surface area contributed by atoms with Crippen molar-refractivity contribution in [2.75, 3.05) is 27.2 Å². The minimum Gasteiger partial charge on any atom is -0.479 e. The first-order chi connectivity index (χ1) is 9.22. The fourth-order valence-electron chi connectivity index (χ4n) is 1.87. The van der Waals surface area contributed by atoms with Crippen molar-refractivity contribution in [3.05, 3.63) is 0 Å². The van der Waals surface area contributed by atoms with Gasteiger partial charge in [0.25, 0.3) is 0 Å². The Morgan fingerprint density at radius 1 is 1.25 bits per heavy atom. The van der Waals surface area contributed by atoms with Crippen molar-refractivity contribution in [2.24, 2.45) is 5.92 Å². The highest BCUT2D eigenvalue weighted by molar-refractivity contribution is 5.74. The van der Waals surface area contributed by atoms with Gasteiger partial charge in [0, 0.05) is 25.6 Å². The number of aliphatic hydroxyl groups excluding tert-OH is 1. The predicted molar refractivity (Wildman–Crippen MR) is 76.6 cm³/mol. The number of nitrogens with one attached hydrogen (secondary N) is 2. The number of carbonyl (C=O) groups is 2. The maximum atomic E-state index is 11.7. The van der Waals surface area contributed by atoms with Crippen molar-refractivity contribution in [3.8, 4) is 0 Å². The number of likely N-dealkylation sites (N-methyl/N-ethyl adjacent to an activating group) is 1. The van der Waals surface area contributed by atoms with Crippen LogP contribution in [-0.4, -0.2) is 66.4 Å². The minimum atomic E-state index is -1.44. The number of aliphatic carboxylic acids is 1. The monoisotopic (exact) mass is 289 g/mol. The Hall–Kier alpha value is -1.34. The summed E-state index contributed by atoms with van der Waals surface area (Å²) in [5.41, 5.74) is 0. The molecule has 118 valence electrons. The fourth-order valence-corrected chi connectivity index (χ4v) is 1.87. The van der Waals surface area contributed by atoms with Crippen molar-refractivity contribution in [1.29, 1.82) is 0 Å². The third kappa shape index (κ3) is 9.57. The quantitative estimate of drug-likeness (QED) is 0.482. The SMILES string of the molecule is CC(C)CC(CN(C)C)NC(=O)NCC[C@H](O)C(=O)O. The van der Waals surface area contributed by atoms with E-state index in [1.54, 1.807) is 0 Å². The fraction of sp³-hybridized carbons (Fsp3) is 0.846. The van der Waals surface area contributed by atoms with Crippen LogP contribution in [0, 0.1) is 5.92 Å². The average molecular weight is 289 g/mol. The molecule has 4 N–H and O–H groups in total. The summed E-state index contributed by atoms with van der Waals surface area (Å²) >= 11 is 0. The van der Waals surface area contributed by atoms with Gasteiger partial charge in [-0.05, 0) is 26.4 Å². The summed E-state index contributed by atoms with van der Waals surface area (Å²) in [6.45, 7) is 5.04. The molecule has 0 aromatic carbocycles. The van der Waals surface area contributed by atoms with Crippen LogP contribution in [0.2, 0.25) is 0 Å². The van der Waals surface area contributed by atoms with Crippen LogP contribution < -0.4 is 10.6 Å². The molecular formula is C13H27N3O4. The highest BCUT2D eigenvalue weighted by atomic mass is 16.4. The van der Waals surface area contributed by atoms with Gasteiger partial charge in [-0.15, -0.1) is 0 Å². The summed E-state index contributed by atoms with van der Waals surface area (Å²) in [7, 11) is 3.88. The molecule has 2 atom stereocenters. The van der Waals surface area contributed by atoms with Gasteiger partial charge in [-0.3, -0.25) is 0 Å². The molecule has 0 aromatic rings. The zero-order valence-corrected chi connectivity index (χ0v) is 12.7. The summed E-state index contributed by atoms with van der Waals surface area (Å²) in [5, 5.41) is 23.0. The van der Waals surface area contributed by atoms with Crippen molar-refractivity contribution >= 4 is 12.0 Å². The van der Waals surface area contributed by atoms with Gasteiger partial charge in [-0.2, -0.15) is 0 Å². The maximum absolute atomic E-state index is 11.7. The van der Waals surface area contributed by atoms with Crippen LogP contribution in [0.5, 0.6) is 0 Å². The topological polar surface area (TPSA) is 102 Å². The van der Waals surface area contributed by atoms with Gasteiger partial charge in [0.05, 0.1) is 0 Å². The number of carboxylic acid groups (broad SMARTS) is 1. The van der Waals surface area contributed by atoms with Crippen molar-refractivity contribution < 1.29 is 19.8 Å². The largest absolute Gasteiger partial charge is 0.479 e. The standard InChI is InChI=1S/C13H27N3O4/c1-9(2)7-10(8-16(3)4)15-13(20)14-6-5-11(17)12(18)19/h9-11,17H,5-8H2,1-4H3,(H,18,19)(H2,14,15,20)/t10?,11-/m0/s1. The van der Waals surface area contributed by atoms with Crippen molar-refractivity contribution in [3.63, 3.8) is 0 Å². The summed E-state index contributed by atoms with van der Waals surface area (Å²) in [6, 6.07) is -0.301. The highest BCUT2D eigenvalue weighted by Crippen LogP contribution is 2.05. The minimum absolute atomic E-state index is 0.00865. The van der Waals surface area contributed by atoms with Crippen LogP contribution in [0.3, 0.4) is 0 Å². The molecule has 0 bridgehead atoms. The summed E-state index contributed by atoms with van der Waals surface area (Å²) in [4.78, 5) is 24.1. The molecular weight excluding hydrogens is 262 g/mol. The maximum Gasteiger partial charge on any atom is 0.332 e. The second-order valence-corrected chi connectivity index (χ2v) is 5.63. The van der Waals surface area contributed by atoms with Crippen molar-refractivity contribution in [1.82, 2.24) is 15.5 Å². The number of carbonyl (C=O) groups excluding carboxylic acids is 1. The molecule has 0 spiro atoms. The molecule has 0 saturated heterocycles. The number of rotatable bonds is 9. The van der Waals surface area contributed by atoms with E-state index in [1.165, 1.54) is 0 Å². The van der Waals surface area contributed by atoms with Crippen LogP contribution in [0.15, 0.2) is 0 Å². The smallest absolute Gasteiger partial charge is 0.332 e. The van der Waals surface area contributed by atoms with E-state index in [9.17, 15) is 9.59 Å². The molecule has 7 heteroatoms. The molecule has 0 rings (SSSR count). The Morgan fingerprint density at radius 3 is 2.30 bits per heavy atom. The van der Waals surface area contributed by atoms with E-state index in [0.717, 1.165) is 13.0 Å². The number of hydrogen-bond acceptors (Lipinski definition) is 4. The first kappa shape index (κ1) is 18.7. The van der Waals surface area contributed by atoms with Crippen LogP contribution >= 0.6 is 0 Å². The van der Waals surface area contributed by atoms with Gasteiger partial charge >= 0.3 is 12.0 Å². The van der Waals surface area contributed by atoms with Crippen LogP contribution in [0.4, 0.5) is 4.79 Å². The Labute approximate surface area is 120 Å². The van der Waals surface area contributed by atoms with Crippen LogP contribution in [0.1, 0.15) is 26.7 Å². The zero-order valence-electron chi connectivity index (χ0n) is 12.7. The van der Waals surface area contributed by atoms with Gasteiger partial charge in [0.2, 0.25) is 0 Å². The molecule has 1 unspecified atom stereocenters. The van der Waals surface area contributed by atoms with Gasteiger partial charge in [0.15, 0.2) is 6.10 Å². The van der Waals surface area contributed by atoms with Crippen LogP contribution in [0.25, 0.3) is 0 Å². The molecule has 0 saturated carbocycles. The predicted octanol–water partition coefficient (Wildman–Crippen LogP) is 0.0975. The molecule has 0 aliphatic carbocycles. The van der Waals surface area contributed by atoms with E-state index in [1.807, 2.05) is 19.0 Å². The number of carboxylic acids is 1. The molecule has 0 radical (unpaired) electrons. The van der Waals surface area contributed by atoms with E-state index < -0.39 is 12.1 Å². The Balaban J connectivity index is 4.08. The lowest BCUT2D eigenvalue weighted by atomic mass is 10.0. The molecule has 7 nitrogen and oxygen atoms in total. The highest BCUT2D eigenvalue weighted by Gasteiger charge is 2.16. The van der Waals surface area contributed by atoms with E-state index >= 15 is 0 Å². The number of aliphatic hydroxyl groups is 1. The third-order valence-electron chi connectivity index (χ3n) is 2.67. The number of hydrogen-bond donors (Lipinski definition) is 4. The van der Waals surface area contributed by atoms with Gasteiger partial charge < -0.3 is 25.7 Å². The first-order valence-corrected chi connectivity index (χ1v) is 6.82. The average Bonchev–Trinajstić information content (AvgIpc) is 2.26. The molecule has 0 fully saturated rings. The normalized spacial score (nSPS) is 14.2.